The Morgan fingerprint density at radius 3 is 1.42 bits per heavy atom. The van der Waals surface area contributed by atoms with E-state index in [0.29, 0.717) is 5.82 Å². The molecular weight excluding hydrogens is 775 g/mol. The van der Waals surface area contributed by atoms with Crippen molar-refractivity contribution in [1.82, 2.24) is 14.5 Å². The molecule has 3 heteroatoms. The summed E-state index contributed by atoms with van der Waals surface area (Å²) in [4.78, 5) is 10.6. The predicted octanol–water partition coefficient (Wildman–Crippen LogP) is 15.9. The van der Waals surface area contributed by atoms with Gasteiger partial charge in [0.2, 0.25) is 0 Å². The summed E-state index contributed by atoms with van der Waals surface area (Å²) in [6, 6.07) is 80.9. The fourth-order valence-electron chi connectivity index (χ4n) is 9.92. The summed E-state index contributed by atoms with van der Waals surface area (Å²) >= 11 is 0. The van der Waals surface area contributed by atoms with Crippen molar-refractivity contribution >= 4 is 21.8 Å². The van der Waals surface area contributed by atoms with E-state index >= 15 is 0 Å². The van der Waals surface area contributed by atoms with Gasteiger partial charge >= 0.3 is 0 Å². The van der Waals surface area contributed by atoms with Gasteiger partial charge in [-0.1, -0.05) is 196 Å². The van der Waals surface area contributed by atoms with Crippen LogP contribution in [-0.2, 0) is 5.41 Å². The average molecular weight is 818 g/mol. The van der Waals surface area contributed by atoms with E-state index < -0.39 is 0 Å². The van der Waals surface area contributed by atoms with Gasteiger partial charge in [0.25, 0.3) is 0 Å². The SMILES string of the molecule is CC1(C)c2ccccc2-c2ccc(-c3cc(-c4ccc(-c5cc(-c6ccccc6)cc(-n6c7ccccc7c7ccccc76)c5)cc4)nc(-c4ccc(-c5ccccc5)cc4)n3)cc21. The summed E-state index contributed by atoms with van der Waals surface area (Å²) in [6.45, 7) is 4.66. The van der Waals surface area contributed by atoms with Crippen molar-refractivity contribution in [3.8, 4) is 84.1 Å². The molecule has 2 heterocycles. The van der Waals surface area contributed by atoms with Crippen LogP contribution in [0, 0.1) is 0 Å². The Bertz CT molecular complexity index is 3490. The van der Waals surface area contributed by atoms with Gasteiger partial charge in [-0.3, -0.25) is 0 Å². The Morgan fingerprint density at radius 1 is 0.328 bits per heavy atom. The molecule has 0 spiro atoms. The number of para-hydroxylation sites is 2. The first-order chi connectivity index (χ1) is 31.5. The summed E-state index contributed by atoms with van der Waals surface area (Å²) in [5, 5.41) is 2.50. The average Bonchev–Trinajstić information content (AvgIpc) is 3.82. The lowest BCUT2D eigenvalue weighted by Crippen LogP contribution is -2.14. The smallest absolute Gasteiger partial charge is 0.160 e. The third-order valence-corrected chi connectivity index (χ3v) is 13.2. The van der Waals surface area contributed by atoms with Gasteiger partial charge in [-0.15, -0.1) is 0 Å². The Labute approximate surface area is 373 Å². The van der Waals surface area contributed by atoms with Gasteiger partial charge in [0.1, 0.15) is 0 Å². The lowest BCUT2D eigenvalue weighted by Gasteiger charge is -2.22. The molecule has 1 aliphatic carbocycles. The number of rotatable bonds is 7. The topological polar surface area (TPSA) is 30.7 Å². The van der Waals surface area contributed by atoms with Crippen molar-refractivity contribution in [1.29, 1.82) is 0 Å². The Hall–Kier alpha value is -8.14. The van der Waals surface area contributed by atoms with Crippen LogP contribution in [0.4, 0.5) is 0 Å². The number of hydrogen-bond donors (Lipinski definition) is 0. The molecule has 0 atom stereocenters. The first-order valence-electron chi connectivity index (χ1n) is 22.1. The van der Waals surface area contributed by atoms with Gasteiger partial charge in [-0.2, -0.15) is 0 Å². The van der Waals surface area contributed by atoms with Gasteiger partial charge in [-0.05, 0) is 98.1 Å². The maximum absolute atomic E-state index is 5.29. The normalized spacial score (nSPS) is 12.7. The molecule has 2 aromatic heterocycles. The molecule has 0 unspecified atom stereocenters. The zero-order chi connectivity index (χ0) is 42.8. The maximum atomic E-state index is 5.29. The summed E-state index contributed by atoms with van der Waals surface area (Å²) in [5.41, 5.74) is 20.5. The minimum atomic E-state index is -0.122. The van der Waals surface area contributed by atoms with Crippen molar-refractivity contribution in [2.45, 2.75) is 19.3 Å². The highest BCUT2D eigenvalue weighted by Crippen LogP contribution is 2.49. The molecule has 1 aliphatic rings. The van der Waals surface area contributed by atoms with E-state index in [1.165, 1.54) is 60.8 Å². The molecule has 0 amide bonds. The monoisotopic (exact) mass is 817 g/mol. The van der Waals surface area contributed by atoms with Gasteiger partial charge in [0.05, 0.1) is 22.4 Å². The predicted molar refractivity (Wildman–Crippen MR) is 267 cm³/mol. The van der Waals surface area contributed by atoms with Gasteiger partial charge < -0.3 is 4.57 Å². The van der Waals surface area contributed by atoms with Crippen molar-refractivity contribution in [3.63, 3.8) is 0 Å². The second-order valence-electron chi connectivity index (χ2n) is 17.4. The minimum absolute atomic E-state index is 0.122. The van der Waals surface area contributed by atoms with Crippen LogP contribution in [0.25, 0.3) is 106 Å². The minimum Gasteiger partial charge on any atom is -0.309 e. The quantitative estimate of drug-likeness (QED) is 0.160. The second-order valence-corrected chi connectivity index (χ2v) is 17.4. The van der Waals surface area contributed by atoms with Crippen LogP contribution >= 0.6 is 0 Å². The second kappa shape index (κ2) is 15.0. The van der Waals surface area contributed by atoms with Crippen molar-refractivity contribution < 1.29 is 0 Å². The van der Waals surface area contributed by atoms with E-state index in [1.54, 1.807) is 0 Å². The van der Waals surface area contributed by atoms with Crippen LogP contribution in [0.3, 0.4) is 0 Å². The van der Waals surface area contributed by atoms with E-state index in [4.69, 9.17) is 9.97 Å². The highest BCUT2D eigenvalue weighted by atomic mass is 15.0. The molecule has 0 N–H and O–H groups in total. The van der Waals surface area contributed by atoms with E-state index in [-0.39, 0.29) is 5.41 Å². The van der Waals surface area contributed by atoms with Crippen molar-refractivity contribution in [2.24, 2.45) is 0 Å². The highest BCUT2D eigenvalue weighted by Gasteiger charge is 2.35. The van der Waals surface area contributed by atoms with Crippen molar-refractivity contribution in [3.05, 3.63) is 236 Å². The number of hydrogen-bond acceptors (Lipinski definition) is 2. The molecule has 64 heavy (non-hydrogen) atoms. The number of benzene rings is 9. The van der Waals surface area contributed by atoms with Crippen LogP contribution < -0.4 is 0 Å². The fourth-order valence-corrected chi connectivity index (χ4v) is 9.92. The van der Waals surface area contributed by atoms with E-state index in [0.717, 1.165) is 50.5 Å². The van der Waals surface area contributed by atoms with Crippen LogP contribution in [0.5, 0.6) is 0 Å². The van der Waals surface area contributed by atoms with Gasteiger partial charge in [-0.25, -0.2) is 9.97 Å². The van der Waals surface area contributed by atoms with E-state index in [9.17, 15) is 0 Å². The molecule has 0 radical (unpaired) electrons. The Kier molecular flexibility index (Phi) is 8.84. The largest absolute Gasteiger partial charge is 0.309 e. The van der Waals surface area contributed by atoms with Gasteiger partial charge in [0, 0.05) is 38.6 Å². The van der Waals surface area contributed by atoms with Gasteiger partial charge in [0.15, 0.2) is 5.82 Å². The summed E-state index contributed by atoms with van der Waals surface area (Å²) in [7, 11) is 0. The first kappa shape index (κ1) is 37.6. The molecule has 11 aromatic rings. The molecule has 0 aliphatic heterocycles. The standard InChI is InChI=1S/C61H43N3/c1-61(2)54-22-12-9-19-50(54)51-34-33-46(38-55(51)61)57-39-56(62-60(63-57)45-31-27-42(28-32-45)40-15-5-3-6-16-40)44-29-25-43(26-30-44)48-35-47(41-17-7-4-8-18-41)36-49(37-48)64-58-23-13-10-20-52(58)53-21-11-14-24-59(53)64/h3-39H,1-2H3. The molecule has 0 bridgehead atoms. The van der Waals surface area contributed by atoms with Crippen molar-refractivity contribution in [2.75, 3.05) is 0 Å². The third kappa shape index (κ3) is 6.36. The number of aromatic nitrogens is 3. The number of fused-ring (bicyclic) bond motifs is 6. The molecule has 0 saturated heterocycles. The fraction of sp³-hybridized carbons (Fsp3) is 0.0492. The van der Waals surface area contributed by atoms with Crippen LogP contribution in [-0.4, -0.2) is 14.5 Å². The molecular formula is C61H43N3. The molecule has 302 valence electrons. The summed E-state index contributed by atoms with van der Waals surface area (Å²) < 4.78 is 2.41. The lowest BCUT2D eigenvalue weighted by molar-refractivity contribution is 0.660. The van der Waals surface area contributed by atoms with Crippen LogP contribution in [0.1, 0.15) is 25.0 Å². The Balaban J connectivity index is 0.977. The molecule has 0 saturated carbocycles. The third-order valence-electron chi connectivity index (χ3n) is 13.2. The maximum Gasteiger partial charge on any atom is 0.160 e. The van der Waals surface area contributed by atoms with Crippen LogP contribution in [0.2, 0.25) is 0 Å². The Morgan fingerprint density at radius 2 is 0.781 bits per heavy atom. The van der Waals surface area contributed by atoms with Crippen LogP contribution in [0.15, 0.2) is 224 Å². The zero-order valence-electron chi connectivity index (χ0n) is 35.7. The summed E-state index contributed by atoms with van der Waals surface area (Å²) in [5.74, 6) is 0.700. The molecule has 3 nitrogen and oxygen atoms in total. The number of nitrogens with zero attached hydrogens (tertiary/aromatic N) is 3. The zero-order valence-corrected chi connectivity index (χ0v) is 35.7. The first-order valence-corrected chi connectivity index (χ1v) is 22.1. The van der Waals surface area contributed by atoms with E-state index in [1.807, 2.05) is 0 Å². The molecule has 12 rings (SSSR count). The molecule has 9 aromatic carbocycles. The van der Waals surface area contributed by atoms with E-state index in [2.05, 4.69) is 243 Å². The lowest BCUT2D eigenvalue weighted by atomic mass is 9.82. The highest BCUT2D eigenvalue weighted by molar-refractivity contribution is 6.09. The summed E-state index contributed by atoms with van der Waals surface area (Å²) in [6.07, 6.45) is 0. The molecule has 0 fully saturated rings.